The Morgan fingerprint density at radius 3 is 2.63 bits per heavy atom. The molecule has 1 fully saturated rings. The normalized spacial score (nSPS) is 14.7. The third-order valence-corrected chi connectivity index (χ3v) is 4.90. The fourth-order valence-corrected chi connectivity index (χ4v) is 3.47. The van der Waals surface area contributed by atoms with Gasteiger partial charge in [-0.1, -0.05) is 31.4 Å². The Balaban J connectivity index is 1.90. The number of anilines is 2. The lowest BCUT2D eigenvalue weighted by atomic mass is 9.89. The Hall–Kier alpha value is -2.83. The van der Waals surface area contributed by atoms with Crippen molar-refractivity contribution in [3.63, 3.8) is 0 Å². The zero-order valence-corrected chi connectivity index (χ0v) is 15.4. The van der Waals surface area contributed by atoms with Gasteiger partial charge in [-0.3, -0.25) is 9.59 Å². The molecule has 1 aliphatic rings. The monoisotopic (exact) mass is 372 g/mol. The van der Waals surface area contributed by atoms with Crippen molar-refractivity contribution in [3.05, 3.63) is 34.7 Å². The van der Waals surface area contributed by atoms with Crippen molar-refractivity contribution in [1.29, 1.82) is 0 Å². The number of hydrogen-bond acceptors (Lipinski definition) is 6. The molecular formula is C20H24N2O5. The van der Waals surface area contributed by atoms with Gasteiger partial charge in [0, 0.05) is 11.9 Å². The summed E-state index contributed by atoms with van der Waals surface area (Å²) in [5.74, 6) is -0.761. The van der Waals surface area contributed by atoms with Gasteiger partial charge in [-0.15, -0.1) is 0 Å². The summed E-state index contributed by atoms with van der Waals surface area (Å²) in [5, 5.41) is 6.57. The van der Waals surface area contributed by atoms with E-state index in [1.54, 1.807) is 12.1 Å². The van der Waals surface area contributed by atoms with Crippen molar-refractivity contribution in [1.82, 2.24) is 0 Å². The molecule has 0 bridgehead atoms. The number of para-hydroxylation sites is 1. The molecule has 1 aromatic carbocycles. The number of nitrogens with one attached hydrogen (secondary N) is 2. The molecule has 0 saturated heterocycles. The van der Waals surface area contributed by atoms with Gasteiger partial charge < -0.3 is 19.8 Å². The molecule has 1 aromatic heterocycles. The number of rotatable bonds is 6. The minimum absolute atomic E-state index is 0.0263. The highest BCUT2D eigenvalue weighted by atomic mass is 16.5. The first-order valence-corrected chi connectivity index (χ1v) is 9.25. The zero-order chi connectivity index (χ0) is 19.2. The number of amides is 1. The third kappa shape index (κ3) is 4.67. The van der Waals surface area contributed by atoms with Crippen LogP contribution in [0.5, 0.6) is 0 Å². The van der Waals surface area contributed by atoms with Crippen molar-refractivity contribution >= 4 is 34.2 Å². The van der Waals surface area contributed by atoms with Gasteiger partial charge in [-0.05, 0) is 30.9 Å². The third-order valence-electron chi connectivity index (χ3n) is 4.90. The largest absolute Gasteiger partial charge is 0.469 e. The summed E-state index contributed by atoms with van der Waals surface area (Å²) in [6.45, 7) is 0.716. The molecule has 0 radical (unpaired) electrons. The molecule has 0 aliphatic heterocycles. The summed E-state index contributed by atoms with van der Waals surface area (Å²) in [6, 6.07) is 7.17. The van der Waals surface area contributed by atoms with E-state index in [0.29, 0.717) is 29.1 Å². The van der Waals surface area contributed by atoms with Gasteiger partial charge in [0.25, 0.3) is 0 Å². The molecule has 27 heavy (non-hydrogen) atoms. The van der Waals surface area contributed by atoms with Crippen LogP contribution in [-0.2, 0) is 14.3 Å². The topological polar surface area (TPSA) is 97.6 Å². The predicted molar refractivity (Wildman–Crippen MR) is 103 cm³/mol. The van der Waals surface area contributed by atoms with Gasteiger partial charge in [-0.25, -0.2) is 4.79 Å². The molecule has 0 spiro atoms. The highest BCUT2D eigenvalue weighted by Gasteiger charge is 2.20. The molecule has 144 valence electrons. The summed E-state index contributed by atoms with van der Waals surface area (Å²) in [5.41, 5.74) is 0.349. The number of methoxy groups -OCH3 is 1. The minimum atomic E-state index is -0.672. The molecule has 3 rings (SSSR count). The first-order chi connectivity index (χ1) is 13.1. The van der Waals surface area contributed by atoms with Crippen molar-refractivity contribution in [2.24, 2.45) is 5.92 Å². The predicted octanol–water partition coefficient (Wildman–Crippen LogP) is 3.29. The van der Waals surface area contributed by atoms with Crippen LogP contribution in [0.25, 0.3) is 11.0 Å². The van der Waals surface area contributed by atoms with E-state index < -0.39 is 23.9 Å². The van der Waals surface area contributed by atoms with Gasteiger partial charge in [0.15, 0.2) is 5.69 Å². The molecule has 1 heterocycles. The van der Waals surface area contributed by atoms with Crippen LogP contribution in [0.4, 0.5) is 11.4 Å². The van der Waals surface area contributed by atoms with Crippen LogP contribution in [0.1, 0.15) is 38.5 Å². The Labute approximate surface area is 157 Å². The Morgan fingerprint density at radius 2 is 1.89 bits per heavy atom. The van der Waals surface area contributed by atoms with Crippen LogP contribution in [0, 0.1) is 5.92 Å². The van der Waals surface area contributed by atoms with Gasteiger partial charge in [0.1, 0.15) is 12.0 Å². The standard InChI is InChI=1S/C20H24N2O5/c1-26-17(24)11-16(23)22-19-18(21-12-13-7-3-2-4-8-13)14-9-5-6-10-15(14)27-20(19)25/h5-6,9-10,13,21H,2-4,7-8,11-12H2,1H3,(H,22,23). The van der Waals surface area contributed by atoms with E-state index in [0.717, 1.165) is 12.8 Å². The molecule has 7 nitrogen and oxygen atoms in total. The average molecular weight is 372 g/mol. The van der Waals surface area contributed by atoms with Crippen LogP contribution in [0.15, 0.2) is 33.5 Å². The number of carbonyl (C=O) groups is 2. The highest BCUT2D eigenvalue weighted by Crippen LogP contribution is 2.30. The Kier molecular flexibility index (Phi) is 6.11. The van der Waals surface area contributed by atoms with Crippen LogP contribution < -0.4 is 16.3 Å². The zero-order valence-electron chi connectivity index (χ0n) is 15.4. The van der Waals surface area contributed by atoms with E-state index >= 15 is 0 Å². The van der Waals surface area contributed by atoms with E-state index in [2.05, 4.69) is 15.4 Å². The summed E-state index contributed by atoms with van der Waals surface area (Å²) >= 11 is 0. The van der Waals surface area contributed by atoms with Crippen molar-refractivity contribution in [2.45, 2.75) is 38.5 Å². The fourth-order valence-electron chi connectivity index (χ4n) is 3.47. The average Bonchev–Trinajstić information content (AvgIpc) is 2.68. The van der Waals surface area contributed by atoms with E-state index in [-0.39, 0.29) is 5.69 Å². The van der Waals surface area contributed by atoms with E-state index in [1.807, 2.05) is 12.1 Å². The Bertz CT molecular complexity index is 884. The number of fused-ring (bicyclic) bond motifs is 1. The number of hydrogen-bond donors (Lipinski definition) is 2. The molecule has 1 aliphatic carbocycles. The quantitative estimate of drug-likeness (QED) is 0.459. The second-order valence-corrected chi connectivity index (χ2v) is 6.82. The summed E-state index contributed by atoms with van der Waals surface area (Å²) in [6.07, 6.45) is 5.53. The van der Waals surface area contributed by atoms with Crippen molar-refractivity contribution in [2.75, 3.05) is 24.3 Å². The second kappa shape index (κ2) is 8.70. The van der Waals surface area contributed by atoms with Gasteiger partial charge in [0.2, 0.25) is 5.91 Å². The highest BCUT2D eigenvalue weighted by molar-refractivity contribution is 6.06. The van der Waals surface area contributed by atoms with Crippen LogP contribution in [0.3, 0.4) is 0 Å². The lowest BCUT2D eigenvalue weighted by molar-refractivity contribution is -0.142. The van der Waals surface area contributed by atoms with Gasteiger partial charge in [-0.2, -0.15) is 0 Å². The molecule has 2 aromatic rings. The van der Waals surface area contributed by atoms with Gasteiger partial charge >= 0.3 is 11.6 Å². The number of carbonyl (C=O) groups excluding carboxylic acids is 2. The van der Waals surface area contributed by atoms with Crippen LogP contribution in [0.2, 0.25) is 0 Å². The molecule has 1 saturated carbocycles. The fraction of sp³-hybridized carbons (Fsp3) is 0.450. The first kappa shape index (κ1) is 18.9. The number of benzene rings is 1. The molecule has 1 amide bonds. The molecule has 0 unspecified atom stereocenters. The number of ether oxygens (including phenoxy) is 1. The smallest absolute Gasteiger partial charge is 0.362 e. The number of esters is 1. The van der Waals surface area contributed by atoms with Gasteiger partial charge in [0.05, 0.1) is 12.8 Å². The minimum Gasteiger partial charge on any atom is -0.469 e. The molecule has 2 N–H and O–H groups in total. The molecular weight excluding hydrogens is 348 g/mol. The van der Waals surface area contributed by atoms with Crippen LogP contribution >= 0.6 is 0 Å². The summed E-state index contributed by atoms with van der Waals surface area (Å²) < 4.78 is 9.83. The lowest BCUT2D eigenvalue weighted by Gasteiger charge is -2.23. The first-order valence-electron chi connectivity index (χ1n) is 9.25. The SMILES string of the molecule is COC(=O)CC(=O)Nc1c(NCC2CCCCC2)c2ccccc2oc1=O. The summed E-state index contributed by atoms with van der Waals surface area (Å²) in [7, 11) is 1.21. The van der Waals surface area contributed by atoms with E-state index in [4.69, 9.17) is 4.42 Å². The summed E-state index contributed by atoms with van der Waals surface area (Å²) in [4.78, 5) is 35.9. The maximum absolute atomic E-state index is 12.5. The maximum atomic E-state index is 12.5. The maximum Gasteiger partial charge on any atom is 0.362 e. The van der Waals surface area contributed by atoms with E-state index in [1.165, 1.54) is 26.4 Å². The van der Waals surface area contributed by atoms with Crippen molar-refractivity contribution < 1.29 is 18.7 Å². The van der Waals surface area contributed by atoms with E-state index in [9.17, 15) is 14.4 Å². The molecule has 0 atom stereocenters. The lowest BCUT2D eigenvalue weighted by Crippen LogP contribution is -2.24. The van der Waals surface area contributed by atoms with Crippen molar-refractivity contribution in [3.8, 4) is 0 Å². The van der Waals surface area contributed by atoms with Crippen LogP contribution in [-0.4, -0.2) is 25.5 Å². The molecule has 7 heteroatoms. The second-order valence-electron chi connectivity index (χ2n) is 6.82. The Morgan fingerprint density at radius 1 is 1.15 bits per heavy atom.